The SMILES string of the molecule is Cc1ccc(Oc2c(Cl)cccc2NN=C(C#N)C#N)cc1. The molecule has 0 bridgehead atoms. The zero-order valence-corrected chi connectivity index (χ0v) is 12.4. The van der Waals surface area contributed by atoms with E-state index in [9.17, 15) is 0 Å². The molecule has 0 atom stereocenters. The summed E-state index contributed by atoms with van der Waals surface area (Å²) in [4.78, 5) is 0. The number of nitrogens with one attached hydrogen (secondary N) is 1. The summed E-state index contributed by atoms with van der Waals surface area (Å²) in [7, 11) is 0. The average Bonchev–Trinajstić information content (AvgIpc) is 2.53. The van der Waals surface area contributed by atoms with Crippen molar-refractivity contribution in [3.8, 4) is 23.6 Å². The summed E-state index contributed by atoms with van der Waals surface area (Å²) in [5.74, 6) is 0.985. The molecule has 0 radical (unpaired) electrons. The zero-order valence-electron chi connectivity index (χ0n) is 11.7. The van der Waals surface area contributed by atoms with Gasteiger partial charge in [0, 0.05) is 0 Å². The molecule has 0 saturated carbocycles. The Morgan fingerprint density at radius 2 is 1.82 bits per heavy atom. The van der Waals surface area contributed by atoms with Crippen LogP contribution in [-0.2, 0) is 0 Å². The molecule has 0 fully saturated rings. The molecule has 0 heterocycles. The minimum absolute atomic E-state index is 0.290. The number of aryl methyl sites for hydroxylation is 1. The standard InChI is InChI=1S/C16H11ClN4O/c1-11-5-7-13(8-6-11)22-16-14(17)3-2-4-15(16)21-20-12(9-18)10-19/h2-8,21H,1H3. The maximum Gasteiger partial charge on any atom is 0.237 e. The molecule has 0 aliphatic carbocycles. The van der Waals surface area contributed by atoms with Crippen LogP contribution in [0.1, 0.15) is 5.56 Å². The fourth-order valence-electron chi connectivity index (χ4n) is 1.62. The highest BCUT2D eigenvalue weighted by Crippen LogP contribution is 2.36. The Kier molecular flexibility index (Phi) is 4.98. The topological polar surface area (TPSA) is 81.2 Å². The minimum atomic E-state index is -0.290. The average molecular weight is 311 g/mol. The van der Waals surface area contributed by atoms with Gasteiger partial charge in [0.15, 0.2) is 5.75 Å². The molecular weight excluding hydrogens is 300 g/mol. The van der Waals surface area contributed by atoms with Crippen LogP contribution in [0.25, 0.3) is 0 Å². The normalized spacial score (nSPS) is 9.27. The van der Waals surface area contributed by atoms with Gasteiger partial charge < -0.3 is 4.74 Å². The quantitative estimate of drug-likeness (QED) is 0.676. The van der Waals surface area contributed by atoms with Crippen molar-refractivity contribution < 1.29 is 4.74 Å². The minimum Gasteiger partial charge on any atom is -0.454 e. The van der Waals surface area contributed by atoms with Crippen LogP contribution in [0.3, 0.4) is 0 Å². The molecule has 1 N–H and O–H groups in total. The largest absolute Gasteiger partial charge is 0.454 e. The number of hydrogen-bond donors (Lipinski definition) is 1. The zero-order chi connectivity index (χ0) is 15.9. The van der Waals surface area contributed by atoms with E-state index in [0.717, 1.165) is 5.56 Å². The first-order chi connectivity index (χ1) is 10.6. The number of hydrogen-bond acceptors (Lipinski definition) is 5. The van der Waals surface area contributed by atoms with Gasteiger partial charge >= 0.3 is 0 Å². The number of halogens is 1. The number of nitrogens with zero attached hydrogens (tertiary/aromatic N) is 3. The Labute approximate surface area is 133 Å². The van der Waals surface area contributed by atoms with Crippen molar-refractivity contribution in [2.45, 2.75) is 6.92 Å². The molecule has 0 aromatic heterocycles. The molecule has 0 spiro atoms. The van der Waals surface area contributed by atoms with E-state index in [1.807, 2.05) is 31.2 Å². The molecule has 2 aromatic carbocycles. The van der Waals surface area contributed by atoms with Crippen molar-refractivity contribution in [3.05, 3.63) is 53.1 Å². The summed E-state index contributed by atoms with van der Waals surface area (Å²) < 4.78 is 5.77. The van der Waals surface area contributed by atoms with Gasteiger partial charge in [-0.15, -0.1) is 0 Å². The second kappa shape index (κ2) is 7.12. The highest BCUT2D eigenvalue weighted by molar-refractivity contribution is 6.32. The molecule has 0 aliphatic heterocycles. The molecule has 2 aromatic rings. The van der Waals surface area contributed by atoms with Crippen LogP contribution >= 0.6 is 11.6 Å². The van der Waals surface area contributed by atoms with Crippen LogP contribution in [-0.4, -0.2) is 5.71 Å². The summed E-state index contributed by atoms with van der Waals surface area (Å²) in [6, 6.07) is 15.9. The van der Waals surface area contributed by atoms with Gasteiger partial charge in [-0.25, -0.2) is 0 Å². The summed E-state index contributed by atoms with van der Waals surface area (Å²) in [5, 5.41) is 21.5. The van der Waals surface area contributed by atoms with E-state index in [4.69, 9.17) is 26.9 Å². The van der Waals surface area contributed by atoms with Crippen LogP contribution in [0.4, 0.5) is 5.69 Å². The fraction of sp³-hybridized carbons (Fsp3) is 0.0625. The molecule has 0 aliphatic rings. The van der Waals surface area contributed by atoms with Gasteiger partial charge in [0.05, 0.1) is 5.02 Å². The lowest BCUT2D eigenvalue weighted by molar-refractivity contribution is 0.484. The summed E-state index contributed by atoms with van der Waals surface area (Å²) in [5.41, 5.74) is 3.90. The summed E-state index contributed by atoms with van der Waals surface area (Å²) >= 11 is 6.15. The number of nitriles is 2. The van der Waals surface area contributed by atoms with Gasteiger partial charge in [0.2, 0.25) is 5.71 Å². The van der Waals surface area contributed by atoms with Crippen LogP contribution < -0.4 is 10.2 Å². The Morgan fingerprint density at radius 1 is 1.14 bits per heavy atom. The van der Waals surface area contributed by atoms with E-state index < -0.39 is 0 Å². The van der Waals surface area contributed by atoms with E-state index in [1.54, 1.807) is 30.3 Å². The van der Waals surface area contributed by atoms with E-state index in [1.165, 1.54) is 0 Å². The summed E-state index contributed by atoms with van der Waals surface area (Å²) in [6.07, 6.45) is 0. The first-order valence-corrected chi connectivity index (χ1v) is 6.69. The maximum atomic E-state index is 8.69. The van der Waals surface area contributed by atoms with Gasteiger partial charge in [-0.3, -0.25) is 5.43 Å². The predicted molar refractivity (Wildman–Crippen MR) is 85.0 cm³/mol. The third-order valence-electron chi connectivity index (χ3n) is 2.71. The second-order valence-electron chi connectivity index (χ2n) is 4.33. The van der Waals surface area contributed by atoms with Crippen LogP contribution in [0, 0.1) is 29.6 Å². The number of hydrazone groups is 1. The van der Waals surface area contributed by atoms with E-state index in [0.29, 0.717) is 22.2 Å². The highest BCUT2D eigenvalue weighted by Gasteiger charge is 2.10. The lowest BCUT2D eigenvalue weighted by atomic mass is 10.2. The molecule has 0 saturated heterocycles. The van der Waals surface area contributed by atoms with Crippen molar-refractivity contribution in [2.75, 3.05) is 5.43 Å². The Balaban J connectivity index is 2.31. The molecular formula is C16H11ClN4O. The van der Waals surface area contributed by atoms with Crippen LogP contribution in [0.2, 0.25) is 5.02 Å². The lowest BCUT2D eigenvalue weighted by Gasteiger charge is -2.12. The molecule has 2 rings (SSSR count). The first-order valence-electron chi connectivity index (χ1n) is 6.31. The third kappa shape index (κ3) is 3.76. The Hall–Kier alpha value is -3.02. The highest BCUT2D eigenvalue weighted by atomic mass is 35.5. The van der Waals surface area contributed by atoms with E-state index in [2.05, 4.69) is 10.5 Å². The predicted octanol–water partition coefficient (Wildman–Crippen LogP) is 4.26. The maximum absolute atomic E-state index is 8.69. The Bertz CT molecular complexity index is 769. The molecule has 0 unspecified atom stereocenters. The van der Waals surface area contributed by atoms with Crippen molar-refractivity contribution in [2.24, 2.45) is 5.10 Å². The van der Waals surface area contributed by atoms with Crippen molar-refractivity contribution >= 4 is 23.0 Å². The van der Waals surface area contributed by atoms with E-state index >= 15 is 0 Å². The number of rotatable bonds is 4. The number of ether oxygens (including phenoxy) is 1. The third-order valence-corrected chi connectivity index (χ3v) is 3.01. The molecule has 108 valence electrons. The summed E-state index contributed by atoms with van der Waals surface area (Å²) in [6.45, 7) is 1.98. The van der Waals surface area contributed by atoms with Gasteiger partial charge in [-0.1, -0.05) is 35.4 Å². The monoisotopic (exact) mass is 310 g/mol. The number of benzene rings is 2. The molecule has 6 heteroatoms. The molecule has 22 heavy (non-hydrogen) atoms. The molecule has 0 amide bonds. The van der Waals surface area contributed by atoms with Gasteiger partial charge in [-0.05, 0) is 31.2 Å². The van der Waals surface area contributed by atoms with Crippen molar-refractivity contribution in [1.82, 2.24) is 0 Å². The molecule has 5 nitrogen and oxygen atoms in total. The van der Waals surface area contributed by atoms with Crippen LogP contribution in [0.5, 0.6) is 11.5 Å². The van der Waals surface area contributed by atoms with Crippen LogP contribution in [0.15, 0.2) is 47.6 Å². The number of para-hydroxylation sites is 1. The lowest BCUT2D eigenvalue weighted by Crippen LogP contribution is -1.98. The van der Waals surface area contributed by atoms with Gasteiger partial charge in [0.1, 0.15) is 23.6 Å². The number of anilines is 1. The van der Waals surface area contributed by atoms with Crippen molar-refractivity contribution in [1.29, 1.82) is 10.5 Å². The Morgan fingerprint density at radius 3 is 2.45 bits per heavy atom. The first kappa shape index (κ1) is 15.4. The van der Waals surface area contributed by atoms with Gasteiger partial charge in [-0.2, -0.15) is 15.6 Å². The second-order valence-corrected chi connectivity index (χ2v) is 4.73. The fourth-order valence-corrected chi connectivity index (χ4v) is 1.83. The van der Waals surface area contributed by atoms with Crippen molar-refractivity contribution in [3.63, 3.8) is 0 Å². The van der Waals surface area contributed by atoms with E-state index in [-0.39, 0.29) is 5.71 Å². The smallest absolute Gasteiger partial charge is 0.237 e. The van der Waals surface area contributed by atoms with Gasteiger partial charge in [0.25, 0.3) is 0 Å².